The van der Waals surface area contributed by atoms with Gasteiger partial charge in [-0.1, -0.05) is 77.0 Å². The fourth-order valence-corrected chi connectivity index (χ4v) is 4.58. The summed E-state index contributed by atoms with van der Waals surface area (Å²) in [6.45, 7) is 4.33. The minimum absolute atomic E-state index is 0.149. The van der Waals surface area contributed by atoms with Crippen LogP contribution in [-0.4, -0.2) is 32.3 Å². The highest BCUT2D eigenvalue weighted by molar-refractivity contribution is 7.03. The van der Waals surface area contributed by atoms with Crippen LogP contribution in [-0.2, 0) is 11.3 Å². The van der Waals surface area contributed by atoms with Gasteiger partial charge in [-0.2, -0.15) is 0 Å². The summed E-state index contributed by atoms with van der Waals surface area (Å²) in [5.41, 5.74) is 4.24. The van der Waals surface area contributed by atoms with E-state index in [1.165, 1.54) is 0 Å². The minimum atomic E-state index is -0.758. The topological polar surface area (TPSA) is 75.2 Å². The van der Waals surface area contributed by atoms with Gasteiger partial charge in [0.2, 0.25) is 5.91 Å². The van der Waals surface area contributed by atoms with Crippen LogP contribution in [0.1, 0.15) is 64.5 Å². The van der Waals surface area contributed by atoms with Gasteiger partial charge in [0.1, 0.15) is 6.04 Å². The van der Waals surface area contributed by atoms with Crippen molar-refractivity contribution in [1.29, 1.82) is 0 Å². The summed E-state index contributed by atoms with van der Waals surface area (Å²) in [6, 6.07) is 15.2. The highest BCUT2D eigenvalue weighted by Gasteiger charge is 2.34. The Morgan fingerprint density at radius 1 is 1.03 bits per heavy atom. The van der Waals surface area contributed by atoms with E-state index >= 15 is 0 Å². The van der Waals surface area contributed by atoms with Crippen molar-refractivity contribution in [2.75, 3.05) is 0 Å². The Morgan fingerprint density at radius 2 is 1.66 bits per heavy atom. The number of aryl methyl sites for hydroxylation is 2. The molecule has 1 heterocycles. The minimum Gasteiger partial charge on any atom is -0.351 e. The number of carbonyl (C=O) groups is 2. The highest BCUT2D eigenvalue weighted by Crippen LogP contribution is 2.28. The number of hydrogen-bond acceptors (Lipinski definition) is 5. The van der Waals surface area contributed by atoms with Crippen LogP contribution in [0.2, 0.25) is 0 Å². The molecule has 1 atom stereocenters. The largest absolute Gasteiger partial charge is 0.351 e. The zero-order valence-electron chi connectivity index (χ0n) is 18.5. The van der Waals surface area contributed by atoms with Crippen LogP contribution in [0.5, 0.6) is 0 Å². The van der Waals surface area contributed by atoms with Gasteiger partial charge in [-0.05, 0) is 49.3 Å². The summed E-state index contributed by atoms with van der Waals surface area (Å²) in [6.07, 6.45) is 4.20. The van der Waals surface area contributed by atoms with Crippen LogP contribution >= 0.6 is 11.5 Å². The molecule has 1 aliphatic carbocycles. The summed E-state index contributed by atoms with van der Waals surface area (Å²) in [5, 5.41) is 8.82. The summed E-state index contributed by atoms with van der Waals surface area (Å²) >= 11 is 1.13. The zero-order chi connectivity index (χ0) is 22.5. The number of hydrogen-bond donors (Lipinski definition) is 1. The maximum absolute atomic E-state index is 13.6. The molecule has 1 aliphatic rings. The first-order valence-corrected chi connectivity index (χ1v) is 11.9. The van der Waals surface area contributed by atoms with Gasteiger partial charge >= 0.3 is 0 Å². The Balaban J connectivity index is 1.73. The fourth-order valence-electron chi connectivity index (χ4n) is 4.15. The third-order valence-corrected chi connectivity index (χ3v) is 6.47. The van der Waals surface area contributed by atoms with Crippen molar-refractivity contribution in [2.24, 2.45) is 0 Å². The molecule has 3 aromatic rings. The first-order chi connectivity index (χ1) is 15.5. The second-order valence-corrected chi connectivity index (χ2v) is 9.12. The lowest BCUT2D eigenvalue weighted by molar-refractivity contribution is -0.126. The van der Waals surface area contributed by atoms with Crippen molar-refractivity contribution < 1.29 is 9.59 Å². The second-order valence-electron chi connectivity index (χ2n) is 8.51. The van der Waals surface area contributed by atoms with E-state index in [4.69, 9.17) is 0 Å². The summed E-state index contributed by atoms with van der Waals surface area (Å²) < 4.78 is 3.86. The quantitative estimate of drug-likeness (QED) is 0.573. The molecule has 1 saturated carbocycles. The maximum atomic E-state index is 13.6. The SMILES string of the molecule is Cc1ccc(CN(C(=O)c2csnn2)[C@H](C(=O)NC2CCCC2)c2ccc(C)cc2)cc1. The van der Waals surface area contributed by atoms with E-state index in [0.29, 0.717) is 6.54 Å². The van der Waals surface area contributed by atoms with E-state index < -0.39 is 6.04 Å². The number of carbonyl (C=O) groups excluding carboxylic acids is 2. The van der Waals surface area contributed by atoms with Crippen LogP contribution in [0, 0.1) is 13.8 Å². The Hall–Kier alpha value is -3.06. The molecule has 0 saturated heterocycles. The summed E-state index contributed by atoms with van der Waals surface area (Å²) in [4.78, 5) is 28.8. The standard InChI is InChI=1S/C25H28N4O2S/c1-17-7-11-19(12-8-17)15-29(25(31)22-16-32-28-27-22)23(20-13-9-18(2)10-14-20)24(30)26-21-5-3-4-6-21/h7-14,16,21,23H,3-6,15H2,1-2H3,(H,26,30)/t23-/m0/s1. The summed E-state index contributed by atoms with van der Waals surface area (Å²) in [7, 11) is 0. The normalized spacial score (nSPS) is 14.8. The Labute approximate surface area is 192 Å². The van der Waals surface area contributed by atoms with E-state index in [9.17, 15) is 9.59 Å². The molecule has 32 heavy (non-hydrogen) atoms. The van der Waals surface area contributed by atoms with E-state index in [2.05, 4.69) is 14.9 Å². The number of amides is 2. The second kappa shape index (κ2) is 10.0. The monoisotopic (exact) mass is 448 g/mol. The van der Waals surface area contributed by atoms with Gasteiger partial charge in [0, 0.05) is 18.0 Å². The molecule has 2 amide bonds. The first-order valence-electron chi connectivity index (χ1n) is 11.0. The van der Waals surface area contributed by atoms with Crippen LogP contribution in [0.4, 0.5) is 0 Å². The predicted octanol–water partition coefficient (Wildman–Crippen LogP) is 4.60. The van der Waals surface area contributed by atoms with Crippen LogP contribution < -0.4 is 5.32 Å². The molecule has 0 bridgehead atoms. The molecule has 1 aromatic heterocycles. The van der Waals surface area contributed by atoms with Gasteiger partial charge in [-0.25, -0.2) is 0 Å². The third-order valence-electron chi connectivity index (χ3n) is 5.97. The molecule has 1 N–H and O–H groups in total. The van der Waals surface area contributed by atoms with Gasteiger partial charge in [-0.3, -0.25) is 9.59 Å². The van der Waals surface area contributed by atoms with Crippen LogP contribution in [0.25, 0.3) is 0 Å². The van der Waals surface area contributed by atoms with Crippen molar-refractivity contribution in [3.05, 3.63) is 81.9 Å². The van der Waals surface area contributed by atoms with Crippen LogP contribution in [0.3, 0.4) is 0 Å². The smallest absolute Gasteiger partial charge is 0.276 e. The highest BCUT2D eigenvalue weighted by atomic mass is 32.1. The van der Waals surface area contributed by atoms with Crippen molar-refractivity contribution in [3.8, 4) is 0 Å². The molecular formula is C25H28N4O2S. The van der Waals surface area contributed by atoms with E-state index in [-0.39, 0.29) is 23.6 Å². The molecule has 0 aliphatic heterocycles. The lowest BCUT2D eigenvalue weighted by Gasteiger charge is -2.32. The van der Waals surface area contributed by atoms with Crippen molar-refractivity contribution >= 4 is 23.3 Å². The molecule has 4 rings (SSSR count). The Kier molecular flexibility index (Phi) is 6.95. The van der Waals surface area contributed by atoms with Gasteiger partial charge in [0.05, 0.1) is 0 Å². The Bertz CT molecular complexity index is 1040. The van der Waals surface area contributed by atoms with Crippen LogP contribution in [0.15, 0.2) is 53.9 Å². The van der Waals surface area contributed by atoms with Crippen molar-refractivity contribution in [3.63, 3.8) is 0 Å². The molecule has 6 nitrogen and oxygen atoms in total. The fraction of sp³-hybridized carbons (Fsp3) is 0.360. The molecule has 0 radical (unpaired) electrons. The maximum Gasteiger partial charge on any atom is 0.276 e. The molecule has 166 valence electrons. The van der Waals surface area contributed by atoms with Gasteiger partial charge in [0.25, 0.3) is 5.91 Å². The van der Waals surface area contributed by atoms with E-state index in [0.717, 1.165) is 59.5 Å². The molecular weight excluding hydrogens is 420 g/mol. The number of aromatic nitrogens is 2. The first kappa shape index (κ1) is 22.1. The molecule has 0 unspecified atom stereocenters. The number of benzene rings is 2. The molecule has 0 spiro atoms. The van der Waals surface area contributed by atoms with Crippen molar-refractivity contribution in [1.82, 2.24) is 19.8 Å². The number of nitrogens with one attached hydrogen (secondary N) is 1. The summed E-state index contributed by atoms with van der Waals surface area (Å²) in [5.74, 6) is -0.448. The lowest BCUT2D eigenvalue weighted by Crippen LogP contribution is -2.46. The molecule has 1 fully saturated rings. The van der Waals surface area contributed by atoms with Gasteiger partial charge in [0.15, 0.2) is 5.69 Å². The average Bonchev–Trinajstić information content (AvgIpc) is 3.50. The number of rotatable bonds is 7. The van der Waals surface area contributed by atoms with E-state index in [1.54, 1.807) is 10.3 Å². The lowest BCUT2D eigenvalue weighted by atomic mass is 10.0. The van der Waals surface area contributed by atoms with Gasteiger partial charge in [-0.15, -0.1) is 5.10 Å². The Morgan fingerprint density at radius 3 is 2.25 bits per heavy atom. The van der Waals surface area contributed by atoms with Crippen molar-refractivity contribution in [2.45, 2.75) is 58.2 Å². The predicted molar refractivity (Wildman–Crippen MR) is 125 cm³/mol. The van der Waals surface area contributed by atoms with E-state index in [1.807, 2.05) is 62.4 Å². The van der Waals surface area contributed by atoms with Gasteiger partial charge < -0.3 is 10.2 Å². The zero-order valence-corrected chi connectivity index (χ0v) is 19.3. The average molecular weight is 449 g/mol. The molecule has 7 heteroatoms. The number of nitrogens with zero attached hydrogens (tertiary/aromatic N) is 3. The molecule has 2 aromatic carbocycles. The third kappa shape index (κ3) is 5.22.